The van der Waals surface area contributed by atoms with E-state index >= 15 is 0 Å². The first kappa shape index (κ1) is 14.5. The topological polar surface area (TPSA) is 42.0 Å². The Hall–Kier alpha value is -1.87. The third-order valence-corrected chi connectivity index (χ3v) is 3.47. The summed E-state index contributed by atoms with van der Waals surface area (Å²) in [6.07, 6.45) is 2.35. The molecule has 1 aromatic carbocycles. The molecule has 20 heavy (non-hydrogen) atoms. The Morgan fingerprint density at radius 1 is 1.30 bits per heavy atom. The van der Waals surface area contributed by atoms with Crippen LogP contribution in [0.3, 0.4) is 0 Å². The quantitative estimate of drug-likeness (QED) is 0.876. The number of carbonyl (C=O) groups excluding carboxylic acids is 1. The van der Waals surface area contributed by atoms with Gasteiger partial charge in [0, 0.05) is 12.2 Å². The first-order valence-corrected chi connectivity index (χ1v) is 6.91. The van der Waals surface area contributed by atoms with Crippen molar-refractivity contribution in [2.45, 2.75) is 26.3 Å². The fourth-order valence-corrected chi connectivity index (χ4v) is 2.28. The third kappa shape index (κ3) is 3.58. The maximum Gasteiger partial charge on any atom is 0.254 e. The van der Waals surface area contributed by atoms with Gasteiger partial charge in [0.15, 0.2) is 0 Å². The van der Waals surface area contributed by atoms with Crippen molar-refractivity contribution in [2.75, 3.05) is 0 Å². The Morgan fingerprint density at radius 2 is 2.05 bits per heavy atom. The Labute approximate surface area is 124 Å². The van der Waals surface area contributed by atoms with Crippen molar-refractivity contribution in [1.82, 2.24) is 10.3 Å². The zero-order chi connectivity index (χ0) is 14.5. The van der Waals surface area contributed by atoms with Crippen LogP contribution in [0.25, 0.3) is 0 Å². The first-order chi connectivity index (χ1) is 9.58. The van der Waals surface area contributed by atoms with E-state index in [0.717, 1.165) is 6.42 Å². The molecule has 104 valence electrons. The van der Waals surface area contributed by atoms with Gasteiger partial charge in [-0.1, -0.05) is 35.9 Å². The van der Waals surface area contributed by atoms with E-state index in [1.54, 1.807) is 18.3 Å². The maximum absolute atomic E-state index is 12.1. The summed E-state index contributed by atoms with van der Waals surface area (Å²) in [7, 11) is 0. The van der Waals surface area contributed by atoms with Crippen molar-refractivity contribution in [1.29, 1.82) is 0 Å². The van der Waals surface area contributed by atoms with Gasteiger partial charge >= 0.3 is 0 Å². The number of nitrogens with zero attached hydrogens (tertiary/aromatic N) is 1. The summed E-state index contributed by atoms with van der Waals surface area (Å²) in [5.74, 6) is -0.191. The van der Waals surface area contributed by atoms with E-state index in [4.69, 9.17) is 11.6 Å². The molecule has 0 fully saturated rings. The highest BCUT2D eigenvalue weighted by molar-refractivity contribution is 6.32. The van der Waals surface area contributed by atoms with Crippen LogP contribution in [0.2, 0.25) is 5.15 Å². The van der Waals surface area contributed by atoms with E-state index in [1.807, 2.05) is 19.1 Å². The summed E-state index contributed by atoms with van der Waals surface area (Å²) in [5.41, 5.74) is 2.87. The van der Waals surface area contributed by atoms with Gasteiger partial charge in [-0.05, 0) is 43.5 Å². The number of pyridine rings is 1. The van der Waals surface area contributed by atoms with Gasteiger partial charge in [0.2, 0.25) is 0 Å². The molecule has 2 rings (SSSR count). The largest absolute Gasteiger partial charge is 0.349 e. The van der Waals surface area contributed by atoms with Gasteiger partial charge in [-0.25, -0.2) is 4.98 Å². The van der Waals surface area contributed by atoms with Crippen LogP contribution in [-0.2, 0) is 6.42 Å². The minimum atomic E-state index is -0.191. The molecule has 4 heteroatoms. The van der Waals surface area contributed by atoms with E-state index in [9.17, 15) is 4.79 Å². The van der Waals surface area contributed by atoms with E-state index in [1.165, 1.54) is 11.1 Å². The van der Waals surface area contributed by atoms with Crippen molar-refractivity contribution in [2.24, 2.45) is 0 Å². The molecular weight excluding hydrogens is 272 g/mol. The highest BCUT2D eigenvalue weighted by Crippen LogP contribution is 2.13. The predicted octanol–water partition coefficient (Wildman–Crippen LogP) is 3.40. The monoisotopic (exact) mass is 288 g/mol. The average molecular weight is 289 g/mol. The second kappa shape index (κ2) is 6.53. The van der Waals surface area contributed by atoms with Crippen LogP contribution in [0, 0.1) is 6.92 Å². The van der Waals surface area contributed by atoms with Crippen LogP contribution in [0.1, 0.15) is 28.4 Å². The number of carbonyl (C=O) groups is 1. The summed E-state index contributed by atoms with van der Waals surface area (Å²) < 4.78 is 0. The Morgan fingerprint density at radius 3 is 2.75 bits per heavy atom. The second-order valence-corrected chi connectivity index (χ2v) is 5.20. The number of nitrogens with one attached hydrogen (secondary N) is 1. The number of hydrogen-bond donors (Lipinski definition) is 1. The molecule has 1 atom stereocenters. The highest BCUT2D eigenvalue weighted by atomic mass is 35.5. The van der Waals surface area contributed by atoms with E-state index in [2.05, 4.69) is 29.4 Å². The minimum Gasteiger partial charge on any atom is -0.349 e. The SMILES string of the molecule is Cc1ccccc1CC(C)NC(=O)c1cccnc1Cl. The predicted molar refractivity (Wildman–Crippen MR) is 81.1 cm³/mol. The average Bonchev–Trinajstić information content (AvgIpc) is 2.41. The normalized spacial score (nSPS) is 11.9. The number of rotatable bonds is 4. The molecule has 2 aromatic rings. The van der Waals surface area contributed by atoms with Crippen LogP contribution in [0.4, 0.5) is 0 Å². The zero-order valence-electron chi connectivity index (χ0n) is 11.6. The lowest BCUT2D eigenvalue weighted by Gasteiger charge is -2.15. The highest BCUT2D eigenvalue weighted by Gasteiger charge is 2.14. The first-order valence-electron chi connectivity index (χ1n) is 6.54. The van der Waals surface area contributed by atoms with Crippen LogP contribution in [0.15, 0.2) is 42.6 Å². The molecule has 0 radical (unpaired) electrons. The van der Waals surface area contributed by atoms with Gasteiger partial charge in [-0.2, -0.15) is 0 Å². The standard InChI is InChI=1S/C16H17ClN2O/c1-11-6-3-4-7-13(11)10-12(2)19-16(20)14-8-5-9-18-15(14)17/h3-9,12H,10H2,1-2H3,(H,19,20). The number of halogens is 1. The van der Waals surface area contributed by atoms with Crippen molar-refractivity contribution in [3.05, 3.63) is 64.4 Å². The van der Waals surface area contributed by atoms with E-state index < -0.39 is 0 Å². The maximum atomic E-state index is 12.1. The minimum absolute atomic E-state index is 0.0277. The lowest BCUT2D eigenvalue weighted by molar-refractivity contribution is 0.0940. The van der Waals surface area contributed by atoms with E-state index in [0.29, 0.717) is 5.56 Å². The fraction of sp³-hybridized carbons (Fsp3) is 0.250. The fourth-order valence-electron chi connectivity index (χ4n) is 2.08. The lowest BCUT2D eigenvalue weighted by Crippen LogP contribution is -2.34. The summed E-state index contributed by atoms with van der Waals surface area (Å²) in [5, 5.41) is 3.18. The van der Waals surface area contributed by atoms with Gasteiger partial charge in [0.25, 0.3) is 5.91 Å². The van der Waals surface area contributed by atoms with Gasteiger partial charge in [-0.15, -0.1) is 0 Å². The van der Waals surface area contributed by atoms with E-state index in [-0.39, 0.29) is 17.1 Å². The van der Waals surface area contributed by atoms with Crippen LogP contribution >= 0.6 is 11.6 Å². The summed E-state index contributed by atoms with van der Waals surface area (Å²) >= 11 is 5.92. The molecule has 0 aliphatic carbocycles. The summed E-state index contributed by atoms with van der Waals surface area (Å²) in [6, 6.07) is 11.6. The van der Waals surface area contributed by atoms with Crippen LogP contribution in [-0.4, -0.2) is 16.9 Å². The number of aryl methyl sites for hydroxylation is 1. The van der Waals surface area contributed by atoms with Gasteiger partial charge in [0.1, 0.15) is 5.15 Å². The number of amides is 1. The van der Waals surface area contributed by atoms with Gasteiger partial charge in [0.05, 0.1) is 5.56 Å². The van der Waals surface area contributed by atoms with Crippen LogP contribution in [0.5, 0.6) is 0 Å². The smallest absolute Gasteiger partial charge is 0.254 e. The molecule has 1 heterocycles. The number of aromatic nitrogens is 1. The van der Waals surface area contributed by atoms with Crippen molar-refractivity contribution < 1.29 is 4.79 Å². The Bertz CT molecular complexity index is 613. The van der Waals surface area contributed by atoms with Gasteiger partial charge in [-0.3, -0.25) is 4.79 Å². The molecule has 0 aliphatic heterocycles. The van der Waals surface area contributed by atoms with Crippen molar-refractivity contribution in [3.63, 3.8) is 0 Å². The third-order valence-electron chi connectivity index (χ3n) is 3.17. The molecule has 1 amide bonds. The molecule has 0 aliphatic rings. The molecule has 0 spiro atoms. The van der Waals surface area contributed by atoms with Crippen LogP contribution < -0.4 is 5.32 Å². The molecule has 3 nitrogen and oxygen atoms in total. The second-order valence-electron chi connectivity index (χ2n) is 4.85. The molecule has 1 aromatic heterocycles. The molecule has 0 bridgehead atoms. The number of benzene rings is 1. The number of hydrogen-bond acceptors (Lipinski definition) is 2. The molecule has 1 N–H and O–H groups in total. The Kier molecular flexibility index (Phi) is 4.74. The lowest BCUT2D eigenvalue weighted by atomic mass is 10.0. The van der Waals surface area contributed by atoms with Crippen molar-refractivity contribution >= 4 is 17.5 Å². The molecule has 0 saturated carbocycles. The molecule has 0 saturated heterocycles. The summed E-state index contributed by atoms with van der Waals surface area (Å²) in [6.45, 7) is 4.05. The Balaban J connectivity index is 2.02. The zero-order valence-corrected chi connectivity index (χ0v) is 12.3. The molecular formula is C16H17ClN2O. The van der Waals surface area contributed by atoms with Gasteiger partial charge < -0.3 is 5.32 Å². The van der Waals surface area contributed by atoms with Crippen molar-refractivity contribution in [3.8, 4) is 0 Å². The molecule has 1 unspecified atom stereocenters. The summed E-state index contributed by atoms with van der Waals surface area (Å²) in [4.78, 5) is 16.0.